The highest BCUT2D eigenvalue weighted by molar-refractivity contribution is 6.11. The molecule has 2 aromatic carbocycles. The lowest BCUT2D eigenvalue weighted by Crippen LogP contribution is -2.03. The highest BCUT2D eigenvalue weighted by Crippen LogP contribution is 2.34. The number of aromatic nitrogens is 4. The van der Waals surface area contributed by atoms with Gasteiger partial charge in [-0.05, 0) is 25.1 Å². The van der Waals surface area contributed by atoms with Gasteiger partial charge in [0.25, 0.3) is 0 Å². The van der Waals surface area contributed by atoms with Crippen LogP contribution in [0.3, 0.4) is 0 Å². The highest BCUT2D eigenvalue weighted by atomic mass is 16.4. The Morgan fingerprint density at radius 2 is 1.84 bits per heavy atom. The van der Waals surface area contributed by atoms with Crippen molar-refractivity contribution in [3.8, 4) is 11.3 Å². The predicted molar refractivity (Wildman–Crippen MR) is 121 cm³/mol. The second kappa shape index (κ2) is 7.21. The van der Waals surface area contributed by atoms with Crippen LogP contribution < -0.4 is 5.32 Å². The maximum absolute atomic E-state index is 11.4. The van der Waals surface area contributed by atoms with E-state index >= 15 is 0 Å². The number of anilines is 2. The van der Waals surface area contributed by atoms with E-state index in [2.05, 4.69) is 10.3 Å². The second-order valence-electron chi connectivity index (χ2n) is 7.36. The third kappa shape index (κ3) is 3.16. The van der Waals surface area contributed by atoms with Gasteiger partial charge in [0.1, 0.15) is 11.6 Å². The van der Waals surface area contributed by atoms with Crippen LogP contribution in [-0.4, -0.2) is 30.8 Å². The van der Waals surface area contributed by atoms with Gasteiger partial charge < -0.3 is 10.4 Å². The largest absolute Gasteiger partial charge is 0.478 e. The van der Waals surface area contributed by atoms with Crippen LogP contribution in [0.4, 0.5) is 11.6 Å². The molecule has 7 nitrogen and oxygen atoms in total. The van der Waals surface area contributed by atoms with E-state index in [-0.39, 0.29) is 5.56 Å². The van der Waals surface area contributed by atoms with Crippen LogP contribution in [0.1, 0.15) is 15.9 Å². The van der Waals surface area contributed by atoms with Crippen molar-refractivity contribution in [1.29, 1.82) is 0 Å². The standard InChI is InChI=1S/C24H19N5O2/c1-14-21(15-6-4-3-5-7-15)28-29(2)23(14)27-22-18-10-11-25-13-19(18)17-9-8-16(24(30)31)12-20(17)26-22/h3-13H,1-2H3,(H,26,27)(H,30,31). The first-order chi connectivity index (χ1) is 15.0. The fraction of sp³-hybridized carbons (Fsp3) is 0.0833. The number of benzene rings is 2. The van der Waals surface area contributed by atoms with Crippen LogP contribution in [0.25, 0.3) is 32.9 Å². The second-order valence-corrected chi connectivity index (χ2v) is 7.36. The van der Waals surface area contributed by atoms with E-state index in [9.17, 15) is 9.90 Å². The number of pyridine rings is 2. The van der Waals surface area contributed by atoms with E-state index in [4.69, 9.17) is 10.1 Å². The van der Waals surface area contributed by atoms with Crippen LogP contribution in [-0.2, 0) is 7.05 Å². The SMILES string of the molecule is Cc1c(-c2ccccc2)nn(C)c1Nc1nc2cc(C(=O)O)ccc2c2cnccc12. The Hall–Kier alpha value is -4.26. The van der Waals surface area contributed by atoms with Gasteiger partial charge in [-0.3, -0.25) is 9.67 Å². The van der Waals surface area contributed by atoms with E-state index in [0.717, 1.165) is 38.8 Å². The number of rotatable bonds is 4. The number of aromatic carboxylic acids is 1. The molecule has 7 heteroatoms. The number of carboxylic acids is 1. The Kier molecular flexibility index (Phi) is 4.36. The lowest BCUT2D eigenvalue weighted by Gasteiger charge is -2.12. The molecule has 2 N–H and O–H groups in total. The summed E-state index contributed by atoms with van der Waals surface area (Å²) in [6.07, 6.45) is 3.49. The maximum Gasteiger partial charge on any atom is 0.335 e. The quantitative estimate of drug-likeness (QED) is 0.409. The molecule has 0 saturated heterocycles. The van der Waals surface area contributed by atoms with Gasteiger partial charge in [-0.1, -0.05) is 36.4 Å². The van der Waals surface area contributed by atoms with E-state index in [1.165, 1.54) is 0 Å². The van der Waals surface area contributed by atoms with Crippen molar-refractivity contribution < 1.29 is 9.90 Å². The molecule has 31 heavy (non-hydrogen) atoms. The Morgan fingerprint density at radius 3 is 2.61 bits per heavy atom. The van der Waals surface area contributed by atoms with Crippen molar-refractivity contribution in [2.45, 2.75) is 6.92 Å². The third-order valence-corrected chi connectivity index (χ3v) is 5.41. The molecule has 0 saturated carbocycles. The molecular formula is C24H19N5O2. The Balaban J connectivity index is 1.68. The van der Waals surface area contributed by atoms with Crippen LogP contribution in [0, 0.1) is 6.92 Å². The molecule has 0 aliphatic heterocycles. The minimum atomic E-state index is -0.987. The first kappa shape index (κ1) is 18.7. The minimum Gasteiger partial charge on any atom is -0.478 e. The number of hydrogen-bond donors (Lipinski definition) is 2. The molecule has 152 valence electrons. The Bertz CT molecular complexity index is 1460. The molecule has 5 rings (SSSR count). The van der Waals surface area contributed by atoms with Crippen molar-refractivity contribution in [2.75, 3.05) is 5.32 Å². The van der Waals surface area contributed by atoms with Crippen molar-refractivity contribution >= 4 is 39.3 Å². The van der Waals surface area contributed by atoms with Gasteiger partial charge in [0.2, 0.25) is 0 Å². The molecule has 3 aromatic heterocycles. The Morgan fingerprint density at radius 1 is 1.03 bits per heavy atom. The molecule has 0 aliphatic rings. The third-order valence-electron chi connectivity index (χ3n) is 5.41. The summed E-state index contributed by atoms with van der Waals surface area (Å²) in [7, 11) is 1.88. The number of nitrogens with zero attached hydrogens (tertiary/aromatic N) is 4. The average molecular weight is 409 g/mol. The first-order valence-electron chi connectivity index (χ1n) is 9.80. The van der Waals surface area contributed by atoms with Crippen LogP contribution in [0.5, 0.6) is 0 Å². The molecule has 0 radical (unpaired) electrons. The molecule has 0 aliphatic carbocycles. The topological polar surface area (TPSA) is 92.9 Å². The van der Waals surface area contributed by atoms with Gasteiger partial charge in [-0.15, -0.1) is 0 Å². The minimum absolute atomic E-state index is 0.192. The van der Waals surface area contributed by atoms with Gasteiger partial charge in [0, 0.05) is 46.7 Å². The van der Waals surface area contributed by atoms with Crippen molar-refractivity contribution in [2.24, 2.45) is 7.05 Å². The lowest BCUT2D eigenvalue weighted by atomic mass is 10.1. The summed E-state index contributed by atoms with van der Waals surface area (Å²) >= 11 is 0. The van der Waals surface area contributed by atoms with E-state index < -0.39 is 5.97 Å². The van der Waals surface area contributed by atoms with E-state index in [1.807, 2.05) is 50.4 Å². The monoisotopic (exact) mass is 409 g/mol. The van der Waals surface area contributed by atoms with Crippen LogP contribution in [0.2, 0.25) is 0 Å². The summed E-state index contributed by atoms with van der Waals surface area (Å²) in [5, 5.41) is 20.1. The zero-order valence-electron chi connectivity index (χ0n) is 17.0. The van der Waals surface area contributed by atoms with Crippen LogP contribution in [0.15, 0.2) is 67.0 Å². The van der Waals surface area contributed by atoms with Gasteiger partial charge in [-0.25, -0.2) is 9.78 Å². The summed E-state index contributed by atoms with van der Waals surface area (Å²) in [6.45, 7) is 2.02. The molecule has 0 amide bonds. The molecule has 0 spiro atoms. The summed E-state index contributed by atoms with van der Waals surface area (Å²) < 4.78 is 1.80. The molecule has 3 heterocycles. The molecule has 0 atom stereocenters. The van der Waals surface area contributed by atoms with Crippen molar-refractivity contribution in [3.63, 3.8) is 0 Å². The number of aryl methyl sites for hydroxylation is 1. The summed E-state index contributed by atoms with van der Waals surface area (Å²) in [5.74, 6) is 0.454. The van der Waals surface area contributed by atoms with Gasteiger partial charge in [0.15, 0.2) is 0 Å². The van der Waals surface area contributed by atoms with Gasteiger partial charge in [0.05, 0.1) is 16.8 Å². The molecule has 0 unspecified atom stereocenters. The summed E-state index contributed by atoms with van der Waals surface area (Å²) in [5.41, 5.74) is 3.71. The molecule has 0 bridgehead atoms. The summed E-state index contributed by atoms with van der Waals surface area (Å²) in [4.78, 5) is 20.5. The normalized spacial score (nSPS) is 11.2. The maximum atomic E-state index is 11.4. The zero-order chi connectivity index (χ0) is 21.5. The van der Waals surface area contributed by atoms with Gasteiger partial charge >= 0.3 is 5.97 Å². The van der Waals surface area contributed by atoms with Crippen LogP contribution >= 0.6 is 0 Å². The number of carboxylic acid groups (broad SMARTS) is 1. The zero-order valence-corrected chi connectivity index (χ0v) is 17.0. The molecule has 5 aromatic rings. The van der Waals surface area contributed by atoms with E-state index in [0.29, 0.717) is 11.3 Å². The fourth-order valence-electron chi connectivity index (χ4n) is 3.86. The smallest absolute Gasteiger partial charge is 0.335 e. The number of nitrogens with one attached hydrogen (secondary N) is 1. The average Bonchev–Trinajstić information content (AvgIpc) is 3.07. The fourth-order valence-corrected chi connectivity index (χ4v) is 3.86. The predicted octanol–water partition coefficient (Wildman–Crippen LogP) is 4.93. The lowest BCUT2D eigenvalue weighted by molar-refractivity contribution is 0.0697. The first-order valence-corrected chi connectivity index (χ1v) is 9.80. The van der Waals surface area contributed by atoms with Crippen molar-refractivity contribution in [1.82, 2.24) is 19.7 Å². The molecular weight excluding hydrogens is 390 g/mol. The Labute approximate surface area is 178 Å². The van der Waals surface area contributed by atoms with Crippen molar-refractivity contribution in [3.05, 3.63) is 78.1 Å². The highest BCUT2D eigenvalue weighted by Gasteiger charge is 2.17. The number of fused-ring (bicyclic) bond motifs is 3. The molecule has 0 fully saturated rings. The number of hydrogen-bond acceptors (Lipinski definition) is 5. The number of carbonyl (C=O) groups is 1. The summed E-state index contributed by atoms with van der Waals surface area (Å²) in [6, 6.07) is 16.9. The van der Waals surface area contributed by atoms with E-state index in [1.54, 1.807) is 35.3 Å². The van der Waals surface area contributed by atoms with Gasteiger partial charge in [-0.2, -0.15) is 5.10 Å².